The summed E-state index contributed by atoms with van der Waals surface area (Å²) in [4.78, 5) is 12.5. The van der Waals surface area contributed by atoms with Gasteiger partial charge in [-0.25, -0.2) is 13.6 Å². The molecule has 14 heavy (non-hydrogen) atoms. The van der Waals surface area contributed by atoms with Crippen LogP contribution in [0, 0.1) is 5.92 Å². The molecule has 1 saturated heterocycles. The first kappa shape index (κ1) is 9.68. The van der Waals surface area contributed by atoms with Gasteiger partial charge < -0.3 is 10.2 Å². The summed E-state index contributed by atoms with van der Waals surface area (Å²) in [6, 6.07) is -0.359. The van der Waals surface area contributed by atoms with Crippen molar-refractivity contribution in [2.75, 3.05) is 13.1 Å². The Bertz CT molecular complexity index is 274. The molecule has 1 aliphatic carbocycles. The maximum Gasteiger partial charge on any atom is 0.318 e. The van der Waals surface area contributed by atoms with Crippen molar-refractivity contribution in [3.05, 3.63) is 0 Å². The number of rotatable bonds is 1. The third-order valence-electron chi connectivity index (χ3n) is 3.18. The minimum atomic E-state index is -2.67. The van der Waals surface area contributed by atoms with Crippen molar-refractivity contribution < 1.29 is 13.6 Å². The van der Waals surface area contributed by atoms with Crippen molar-refractivity contribution in [2.24, 2.45) is 5.92 Å². The molecule has 0 aromatic heterocycles. The molecule has 0 spiro atoms. The molecule has 2 amide bonds. The number of halogens is 2. The zero-order valence-electron chi connectivity index (χ0n) is 8.31. The lowest BCUT2D eigenvalue weighted by molar-refractivity contribution is -0.110. The predicted octanol–water partition coefficient (Wildman–Crippen LogP) is 1.45. The van der Waals surface area contributed by atoms with Gasteiger partial charge in [-0.2, -0.15) is 0 Å². The van der Waals surface area contributed by atoms with Gasteiger partial charge in [0.1, 0.15) is 0 Å². The summed E-state index contributed by atoms with van der Waals surface area (Å²) < 4.78 is 24.9. The van der Waals surface area contributed by atoms with E-state index in [1.807, 2.05) is 13.8 Å². The van der Waals surface area contributed by atoms with Gasteiger partial charge in [0, 0.05) is 5.54 Å². The second-order valence-electron chi connectivity index (χ2n) is 4.66. The van der Waals surface area contributed by atoms with Crippen molar-refractivity contribution >= 4 is 6.03 Å². The Morgan fingerprint density at radius 1 is 1.50 bits per heavy atom. The average molecular weight is 204 g/mol. The highest BCUT2D eigenvalue weighted by Crippen LogP contribution is 2.42. The molecule has 0 aromatic carbocycles. The standard InChI is InChI=1S/C9H14F2N2O/c1-6-3-8(6,2)12-7(14)13-4-9(10,11)5-13/h6H,3-5H2,1-2H3,(H,12,14). The van der Waals surface area contributed by atoms with E-state index in [1.54, 1.807) is 0 Å². The van der Waals surface area contributed by atoms with Crippen molar-refractivity contribution in [3.8, 4) is 0 Å². The van der Waals surface area contributed by atoms with Gasteiger partial charge >= 0.3 is 6.03 Å². The summed E-state index contributed by atoms with van der Waals surface area (Å²) in [5, 5.41) is 2.77. The molecule has 2 unspecified atom stereocenters. The van der Waals surface area contributed by atoms with Gasteiger partial charge in [-0.1, -0.05) is 6.92 Å². The van der Waals surface area contributed by atoms with Crippen LogP contribution in [0.2, 0.25) is 0 Å². The maximum absolute atomic E-state index is 12.5. The van der Waals surface area contributed by atoms with Crippen molar-refractivity contribution in [3.63, 3.8) is 0 Å². The lowest BCUT2D eigenvalue weighted by atomic mass is 10.1. The monoisotopic (exact) mass is 204 g/mol. The van der Waals surface area contributed by atoms with E-state index in [9.17, 15) is 13.6 Å². The van der Waals surface area contributed by atoms with E-state index < -0.39 is 19.0 Å². The van der Waals surface area contributed by atoms with Crippen LogP contribution in [0.15, 0.2) is 0 Å². The topological polar surface area (TPSA) is 32.3 Å². The molecular formula is C9H14F2N2O. The molecule has 3 nitrogen and oxygen atoms in total. The molecule has 2 rings (SSSR count). The molecular weight excluding hydrogens is 190 g/mol. The van der Waals surface area contributed by atoms with Gasteiger partial charge in [0.2, 0.25) is 0 Å². The van der Waals surface area contributed by atoms with Gasteiger partial charge in [-0.3, -0.25) is 0 Å². The summed E-state index contributed by atoms with van der Waals surface area (Å²) in [5.74, 6) is -2.22. The zero-order valence-corrected chi connectivity index (χ0v) is 8.31. The van der Waals surface area contributed by atoms with Crippen LogP contribution in [0.1, 0.15) is 20.3 Å². The van der Waals surface area contributed by atoms with Crippen molar-refractivity contribution in [1.82, 2.24) is 10.2 Å². The summed E-state index contributed by atoms with van der Waals surface area (Å²) in [6.45, 7) is 3.09. The van der Waals surface area contributed by atoms with Crippen molar-refractivity contribution in [1.29, 1.82) is 0 Å². The highest BCUT2D eigenvalue weighted by atomic mass is 19.3. The summed E-state index contributed by atoms with van der Waals surface area (Å²) in [5.41, 5.74) is -0.165. The van der Waals surface area contributed by atoms with Crippen LogP contribution in [-0.2, 0) is 0 Å². The smallest absolute Gasteiger partial charge is 0.318 e. The minimum absolute atomic E-state index is 0.165. The Balaban J connectivity index is 1.81. The molecule has 1 heterocycles. The van der Waals surface area contributed by atoms with Crippen LogP contribution in [0.5, 0.6) is 0 Å². The van der Waals surface area contributed by atoms with E-state index in [-0.39, 0.29) is 11.6 Å². The lowest BCUT2D eigenvalue weighted by Crippen LogP contribution is -2.62. The molecule has 0 bridgehead atoms. The van der Waals surface area contributed by atoms with E-state index in [1.165, 1.54) is 0 Å². The number of likely N-dealkylation sites (tertiary alicyclic amines) is 1. The number of urea groups is 1. The van der Waals surface area contributed by atoms with Gasteiger partial charge in [0.15, 0.2) is 0 Å². The molecule has 2 fully saturated rings. The molecule has 80 valence electrons. The first-order valence-corrected chi connectivity index (χ1v) is 4.77. The van der Waals surface area contributed by atoms with E-state index in [4.69, 9.17) is 0 Å². The zero-order chi connectivity index (χ0) is 10.6. The molecule has 1 N–H and O–H groups in total. The Hall–Kier alpha value is -0.870. The molecule has 0 aromatic rings. The maximum atomic E-state index is 12.5. The van der Waals surface area contributed by atoms with Crippen LogP contribution < -0.4 is 5.32 Å². The SMILES string of the molecule is CC1CC1(C)NC(=O)N1CC(F)(F)C1. The number of alkyl halides is 2. The number of nitrogens with zero attached hydrogens (tertiary/aromatic N) is 1. The number of amides is 2. The third-order valence-corrected chi connectivity index (χ3v) is 3.18. The third kappa shape index (κ3) is 1.55. The van der Waals surface area contributed by atoms with Crippen LogP contribution in [-0.4, -0.2) is 35.5 Å². The predicted molar refractivity (Wildman–Crippen MR) is 47.2 cm³/mol. The van der Waals surface area contributed by atoms with E-state index in [0.29, 0.717) is 5.92 Å². The fourth-order valence-electron chi connectivity index (χ4n) is 1.73. The molecule has 2 atom stereocenters. The van der Waals surface area contributed by atoms with E-state index in [2.05, 4.69) is 5.32 Å². The van der Waals surface area contributed by atoms with Crippen LogP contribution in [0.25, 0.3) is 0 Å². The minimum Gasteiger partial charge on any atom is -0.333 e. The normalized spacial score (nSPS) is 38.9. The summed E-state index contributed by atoms with van der Waals surface area (Å²) >= 11 is 0. The number of carbonyl (C=O) groups is 1. The highest BCUT2D eigenvalue weighted by Gasteiger charge is 2.51. The van der Waals surface area contributed by atoms with Crippen LogP contribution in [0.4, 0.5) is 13.6 Å². The molecule has 2 aliphatic rings. The molecule has 5 heteroatoms. The Kier molecular flexibility index (Phi) is 1.78. The first-order valence-electron chi connectivity index (χ1n) is 4.77. The number of carbonyl (C=O) groups excluding carboxylic acids is 1. The van der Waals surface area contributed by atoms with Crippen LogP contribution >= 0.6 is 0 Å². The lowest BCUT2D eigenvalue weighted by Gasteiger charge is -2.39. The number of hydrogen-bond donors (Lipinski definition) is 1. The second-order valence-corrected chi connectivity index (χ2v) is 4.66. The number of nitrogens with one attached hydrogen (secondary N) is 1. The first-order chi connectivity index (χ1) is 6.32. The van der Waals surface area contributed by atoms with E-state index >= 15 is 0 Å². The fraction of sp³-hybridized carbons (Fsp3) is 0.889. The fourth-order valence-corrected chi connectivity index (χ4v) is 1.73. The Morgan fingerprint density at radius 3 is 2.36 bits per heavy atom. The van der Waals surface area contributed by atoms with Crippen molar-refractivity contribution in [2.45, 2.75) is 31.7 Å². The highest BCUT2D eigenvalue weighted by molar-refractivity contribution is 5.76. The largest absolute Gasteiger partial charge is 0.333 e. The summed E-state index contributed by atoms with van der Waals surface area (Å²) in [7, 11) is 0. The van der Waals surface area contributed by atoms with Gasteiger partial charge in [0.25, 0.3) is 5.92 Å². The summed E-state index contributed by atoms with van der Waals surface area (Å²) in [6.07, 6.45) is 0.934. The quantitative estimate of drug-likeness (QED) is 0.688. The molecule has 1 aliphatic heterocycles. The number of hydrogen-bond acceptors (Lipinski definition) is 1. The molecule has 1 saturated carbocycles. The van der Waals surface area contributed by atoms with Crippen LogP contribution in [0.3, 0.4) is 0 Å². The van der Waals surface area contributed by atoms with Gasteiger partial charge in [-0.05, 0) is 19.3 Å². The van der Waals surface area contributed by atoms with Gasteiger partial charge in [0.05, 0.1) is 13.1 Å². The van der Waals surface area contributed by atoms with Gasteiger partial charge in [-0.15, -0.1) is 0 Å². The average Bonchev–Trinajstić information content (AvgIpc) is 2.53. The Morgan fingerprint density at radius 2 is 2.00 bits per heavy atom. The molecule has 0 radical (unpaired) electrons. The second kappa shape index (κ2) is 2.58. The Labute approximate surface area is 81.4 Å². The van der Waals surface area contributed by atoms with E-state index in [0.717, 1.165) is 11.3 Å².